The van der Waals surface area contributed by atoms with E-state index in [9.17, 15) is 0 Å². The number of rotatable bonds is 5. The molecule has 3 heteroatoms. The van der Waals surface area contributed by atoms with Gasteiger partial charge in [-0.3, -0.25) is 0 Å². The predicted molar refractivity (Wildman–Crippen MR) is 65.0 cm³/mol. The van der Waals surface area contributed by atoms with Crippen molar-refractivity contribution < 1.29 is 0 Å². The van der Waals surface area contributed by atoms with Gasteiger partial charge in [-0.05, 0) is 57.2 Å². The molecule has 90 valence electrons. The van der Waals surface area contributed by atoms with Gasteiger partial charge in [0.1, 0.15) is 0 Å². The van der Waals surface area contributed by atoms with Crippen LogP contribution in [0.2, 0.25) is 0 Å². The molecule has 16 heavy (non-hydrogen) atoms. The summed E-state index contributed by atoms with van der Waals surface area (Å²) >= 11 is 0. The van der Waals surface area contributed by atoms with Crippen molar-refractivity contribution in [2.75, 3.05) is 33.2 Å². The van der Waals surface area contributed by atoms with E-state index in [1.807, 2.05) is 0 Å². The van der Waals surface area contributed by atoms with E-state index in [0.29, 0.717) is 5.41 Å². The summed E-state index contributed by atoms with van der Waals surface area (Å²) in [7, 11) is 2.22. The number of nitrogens with one attached hydrogen (secondary N) is 1. The maximum Gasteiger partial charge on any atom is 0.0628 e. The first kappa shape index (κ1) is 11.9. The molecule has 1 saturated heterocycles. The first-order valence-electron chi connectivity index (χ1n) is 6.50. The van der Waals surface area contributed by atoms with Crippen molar-refractivity contribution in [1.29, 1.82) is 5.26 Å². The predicted octanol–water partition coefficient (Wildman–Crippen LogP) is 1.61. The normalized spacial score (nSPS) is 24.3. The van der Waals surface area contributed by atoms with Crippen LogP contribution in [0.1, 0.15) is 32.1 Å². The average molecular weight is 221 g/mol. The topological polar surface area (TPSA) is 39.1 Å². The highest BCUT2D eigenvalue weighted by molar-refractivity contribution is 5.00. The molecule has 1 aliphatic carbocycles. The minimum absolute atomic E-state index is 0.371. The Balaban J connectivity index is 1.71. The summed E-state index contributed by atoms with van der Waals surface area (Å²) in [5.74, 6) is 0.865. The van der Waals surface area contributed by atoms with Crippen LogP contribution in [-0.4, -0.2) is 38.1 Å². The molecule has 0 atom stereocenters. The lowest BCUT2D eigenvalue weighted by Crippen LogP contribution is -2.36. The molecule has 1 aliphatic heterocycles. The van der Waals surface area contributed by atoms with Crippen molar-refractivity contribution in [3.05, 3.63) is 0 Å². The molecule has 0 bridgehead atoms. The summed E-state index contributed by atoms with van der Waals surface area (Å²) in [5, 5.41) is 12.2. The first-order valence-corrected chi connectivity index (χ1v) is 6.50. The molecule has 0 unspecified atom stereocenters. The number of hydrogen-bond acceptors (Lipinski definition) is 3. The Bertz CT molecular complexity index is 259. The minimum atomic E-state index is 0.371. The third-order valence-corrected chi connectivity index (χ3v) is 4.05. The monoisotopic (exact) mass is 221 g/mol. The molecule has 2 rings (SSSR count). The zero-order valence-corrected chi connectivity index (χ0v) is 10.3. The second-order valence-corrected chi connectivity index (χ2v) is 5.73. The Labute approximate surface area is 98.8 Å². The SMILES string of the molecule is CN(CC1CCNCC1)CC1(CC#N)CC1. The van der Waals surface area contributed by atoms with Gasteiger partial charge < -0.3 is 10.2 Å². The summed E-state index contributed by atoms with van der Waals surface area (Å²) in [6.07, 6.45) is 5.91. The molecule has 1 heterocycles. The summed E-state index contributed by atoms with van der Waals surface area (Å²) < 4.78 is 0. The summed E-state index contributed by atoms with van der Waals surface area (Å²) in [6.45, 7) is 4.71. The van der Waals surface area contributed by atoms with Gasteiger partial charge in [-0.15, -0.1) is 0 Å². The Kier molecular flexibility index (Phi) is 3.83. The second-order valence-electron chi connectivity index (χ2n) is 5.73. The van der Waals surface area contributed by atoms with Gasteiger partial charge in [0.05, 0.1) is 6.07 Å². The van der Waals surface area contributed by atoms with Crippen LogP contribution in [0.15, 0.2) is 0 Å². The average Bonchev–Trinajstić information content (AvgIpc) is 2.99. The molecule has 1 N–H and O–H groups in total. The molecule has 2 fully saturated rings. The van der Waals surface area contributed by atoms with Gasteiger partial charge in [-0.25, -0.2) is 0 Å². The van der Waals surface area contributed by atoms with Crippen LogP contribution in [0.4, 0.5) is 0 Å². The van der Waals surface area contributed by atoms with Gasteiger partial charge in [0.2, 0.25) is 0 Å². The lowest BCUT2D eigenvalue weighted by Gasteiger charge is -2.29. The molecular weight excluding hydrogens is 198 g/mol. The fraction of sp³-hybridized carbons (Fsp3) is 0.923. The number of hydrogen-bond donors (Lipinski definition) is 1. The van der Waals surface area contributed by atoms with E-state index in [-0.39, 0.29) is 0 Å². The molecule has 3 nitrogen and oxygen atoms in total. The van der Waals surface area contributed by atoms with Crippen molar-refractivity contribution in [3.63, 3.8) is 0 Å². The van der Waals surface area contributed by atoms with Gasteiger partial charge in [-0.1, -0.05) is 0 Å². The highest BCUT2D eigenvalue weighted by Crippen LogP contribution is 2.49. The summed E-state index contributed by atoms with van der Waals surface area (Å²) in [4.78, 5) is 2.46. The van der Waals surface area contributed by atoms with Crippen LogP contribution in [0.5, 0.6) is 0 Å². The van der Waals surface area contributed by atoms with Crippen molar-refractivity contribution in [3.8, 4) is 6.07 Å². The third kappa shape index (κ3) is 3.20. The van der Waals surface area contributed by atoms with Crippen LogP contribution in [0.25, 0.3) is 0 Å². The number of nitriles is 1. The Morgan fingerprint density at radius 1 is 1.38 bits per heavy atom. The fourth-order valence-corrected chi connectivity index (χ4v) is 2.88. The fourth-order valence-electron chi connectivity index (χ4n) is 2.88. The molecule has 0 amide bonds. The summed E-state index contributed by atoms with van der Waals surface area (Å²) in [6, 6.07) is 2.34. The maximum absolute atomic E-state index is 8.80. The van der Waals surface area contributed by atoms with E-state index in [1.165, 1.54) is 45.3 Å². The highest BCUT2D eigenvalue weighted by atomic mass is 15.1. The number of piperidine rings is 1. The van der Waals surface area contributed by atoms with Gasteiger partial charge >= 0.3 is 0 Å². The highest BCUT2D eigenvalue weighted by Gasteiger charge is 2.43. The van der Waals surface area contributed by atoms with Crippen molar-refractivity contribution in [2.45, 2.75) is 32.1 Å². The molecular formula is C13H23N3. The molecule has 1 saturated carbocycles. The zero-order chi connectivity index (χ0) is 11.4. The van der Waals surface area contributed by atoms with Gasteiger partial charge in [0, 0.05) is 19.5 Å². The molecule has 0 aromatic heterocycles. The standard InChI is InChI=1S/C13H23N3/c1-16(10-12-2-8-15-9-3-12)11-13(4-5-13)6-7-14/h12,15H,2-6,8-11H2,1H3. The lowest BCUT2D eigenvalue weighted by molar-refractivity contribution is 0.205. The largest absolute Gasteiger partial charge is 0.317 e. The van der Waals surface area contributed by atoms with Gasteiger partial charge in [0.25, 0.3) is 0 Å². The van der Waals surface area contributed by atoms with E-state index in [0.717, 1.165) is 18.9 Å². The van der Waals surface area contributed by atoms with Crippen molar-refractivity contribution >= 4 is 0 Å². The van der Waals surface area contributed by atoms with Crippen LogP contribution < -0.4 is 5.32 Å². The van der Waals surface area contributed by atoms with E-state index in [1.54, 1.807) is 0 Å². The Morgan fingerprint density at radius 3 is 2.62 bits per heavy atom. The number of nitrogens with zero attached hydrogens (tertiary/aromatic N) is 2. The molecule has 2 aliphatic rings. The van der Waals surface area contributed by atoms with Crippen LogP contribution in [0, 0.1) is 22.7 Å². The smallest absolute Gasteiger partial charge is 0.0628 e. The first-order chi connectivity index (χ1) is 7.74. The maximum atomic E-state index is 8.80. The minimum Gasteiger partial charge on any atom is -0.317 e. The van der Waals surface area contributed by atoms with Crippen LogP contribution >= 0.6 is 0 Å². The van der Waals surface area contributed by atoms with Crippen molar-refractivity contribution in [2.24, 2.45) is 11.3 Å². The molecule has 0 aromatic rings. The van der Waals surface area contributed by atoms with E-state index >= 15 is 0 Å². The lowest BCUT2D eigenvalue weighted by atomic mass is 9.96. The molecule has 0 radical (unpaired) electrons. The molecule has 0 aromatic carbocycles. The Morgan fingerprint density at radius 2 is 2.06 bits per heavy atom. The van der Waals surface area contributed by atoms with Crippen LogP contribution in [0.3, 0.4) is 0 Å². The second kappa shape index (κ2) is 5.16. The van der Waals surface area contributed by atoms with E-state index < -0.39 is 0 Å². The van der Waals surface area contributed by atoms with Gasteiger partial charge in [0.15, 0.2) is 0 Å². The molecule has 0 spiro atoms. The zero-order valence-electron chi connectivity index (χ0n) is 10.3. The van der Waals surface area contributed by atoms with E-state index in [2.05, 4.69) is 23.3 Å². The van der Waals surface area contributed by atoms with Crippen molar-refractivity contribution in [1.82, 2.24) is 10.2 Å². The van der Waals surface area contributed by atoms with E-state index in [4.69, 9.17) is 5.26 Å². The quantitative estimate of drug-likeness (QED) is 0.766. The third-order valence-electron chi connectivity index (χ3n) is 4.05. The Hall–Kier alpha value is -0.590. The van der Waals surface area contributed by atoms with Crippen LogP contribution in [-0.2, 0) is 0 Å². The van der Waals surface area contributed by atoms with Gasteiger partial charge in [-0.2, -0.15) is 5.26 Å². The summed E-state index contributed by atoms with van der Waals surface area (Å²) in [5.41, 5.74) is 0.371.